The van der Waals surface area contributed by atoms with Crippen molar-refractivity contribution in [3.63, 3.8) is 0 Å². The van der Waals surface area contributed by atoms with Crippen molar-refractivity contribution in [1.82, 2.24) is 10.2 Å². The Bertz CT molecular complexity index is 408. The molecular weight excluding hydrogens is 240 g/mol. The summed E-state index contributed by atoms with van der Waals surface area (Å²) in [6.07, 6.45) is 1.44. The number of hydrogen-bond donors (Lipinski definition) is 2. The molecule has 0 spiro atoms. The lowest BCUT2D eigenvalue weighted by Gasteiger charge is -2.33. The van der Waals surface area contributed by atoms with Crippen LogP contribution in [0.5, 0.6) is 0 Å². The summed E-state index contributed by atoms with van der Waals surface area (Å²) in [6.45, 7) is 3.76. The van der Waals surface area contributed by atoms with Crippen molar-refractivity contribution >= 4 is 5.91 Å². The van der Waals surface area contributed by atoms with Crippen molar-refractivity contribution in [2.24, 2.45) is 0 Å². The third-order valence-electron chi connectivity index (χ3n) is 3.78. The number of carbonyl (C=O) groups is 1. The van der Waals surface area contributed by atoms with E-state index in [0.717, 1.165) is 19.5 Å². The van der Waals surface area contributed by atoms with Crippen molar-refractivity contribution in [1.29, 1.82) is 0 Å². The Kier molecular flexibility index (Phi) is 4.93. The molecule has 19 heavy (non-hydrogen) atoms. The molecule has 4 heteroatoms. The first-order valence-electron chi connectivity index (χ1n) is 6.93. The highest BCUT2D eigenvalue weighted by Gasteiger charge is 2.31. The van der Waals surface area contributed by atoms with Crippen LogP contribution in [0, 0.1) is 0 Å². The molecule has 2 atom stereocenters. The van der Waals surface area contributed by atoms with Gasteiger partial charge in [-0.05, 0) is 25.3 Å². The van der Waals surface area contributed by atoms with Gasteiger partial charge in [-0.25, -0.2) is 0 Å². The van der Waals surface area contributed by atoms with Gasteiger partial charge in [0.05, 0.1) is 6.04 Å². The third kappa shape index (κ3) is 3.33. The van der Waals surface area contributed by atoms with E-state index in [0.29, 0.717) is 6.42 Å². The molecule has 1 aromatic carbocycles. The number of nitrogens with zero attached hydrogens (tertiary/aromatic N) is 1. The summed E-state index contributed by atoms with van der Waals surface area (Å²) in [5.41, 5.74) is 1.21. The number of aliphatic hydroxyl groups excluding tert-OH is 1. The fraction of sp³-hybridized carbons (Fsp3) is 0.533. The number of carbonyl (C=O) groups excluding carboxylic acids is 1. The van der Waals surface area contributed by atoms with Crippen LogP contribution in [-0.4, -0.2) is 41.7 Å². The smallest absolute Gasteiger partial charge is 0.237 e. The van der Waals surface area contributed by atoms with E-state index in [9.17, 15) is 9.90 Å². The highest BCUT2D eigenvalue weighted by Crippen LogP contribution is 2.24. The Balaban J connectivity index is 2.20. The van der Waals surface area contributed by atoms with Gasteiger partial charge in [-0.15, -0.1) is 0 Å². The molecule has 1 aliphatic rings. The molecule has 2 unspecified atom stereocenters. The number of amides is 1. The predicted octanol–water partition coefficient (Wildman–Crippen LogP) is 1.32. The van der Waals surface area contributed by atoms with E-state index >= 15 is 0 Å². The first kappa shape index (κ1) is 14.0. The Morgan fingerprint density at radius 3 is 2.84 bits per heavy atom. The number of hydrogen-bond acceptors (Lipinski definition) is 3. The summed E-state index contributed by atoms with van der Waals surface area (Å²) in [7, 11) is 0. The molecular formula is C15H22N2O2. The largest absolute Gasteiger partial charge is 0.396 e. The Morgan fingerprint density at radius 2 is 2.16 bits per heavy atom. The standard InChI is InChI=1S/C15H22N2O2/c1-12(13-6-3-2-4-7-13)17-10-5-9-16-15(19)14(17)8-11-18/h2-4,6-7,12,14,18H,5,8-11H2,1H3,(H,16,19). The van der Waals surface area contributed by atoms with E-state index in [-0.39, 0.29) is 24.6 Å². The second-order valence-corrected chi connectivity index (χ2v) is 5.00. The van der Waals surface area contributed by atoms with Crippen LogP contribution < -0.4 is 5.32 Å². The van der Waals surface area contributed by atoms with Crippen LogP contribution in [0.25, 0.3) is 0 Å². The lowest BCUT2D eigenvalue weighted by atomic mass is 10.0. The number of aliphatic hydroxyl groups is 1. The van der Waals surface area contributed by atoms with Gasteiger partial charge in [-0.2, -0.15) is 0 Å². The molecule has 0 saturated carbocycles. The van der Waals surface area contributed by atoms with Gasteiger partial charge in [0, 0.05) is 25.7 Å². The molecule has 1 aliphatic heterocycles. The Morgan fingerprint density at radius 1 is 1.42 bits per heavy atom. The molecule has 1 aromatic rings. The van der Waals surface area contributed by atoms with Gasteiger partial charge < -0.3 is 10.4 Å². The van der Waals surface area contributed by atoms with Crippen molar-refractivity contribution in [3.05, 3.63) is 35.9 Å². The molecule has 1 heterocycles. The zero-order chi connectivity index (χ0) is 13.7. The third-order valence-corrected chi connectivity index (χ3v) is 3.78. The van der Waals surface area contributed by atoms with Gasteiger partial charge in [-0.3, -0.25) is 9.69 Å². The first-order valence-corrected chi connectivity index (χ1v) is 6.93. The Labute approximate surface area is 114 Å². The van der Waals surface area contributed by atoms with Crippen LogP contribution in [0.2, 0.25) is 0 Å². The molecule has 1 fully saturated rings. The molecule has 0 radical (unpaired) electrons. The van der Waals surface area contributed by atoms with E-state index in [4.69, 9.17) is 0 Å². The second-order valence-electron chi connectivity index (χ2n) is 5.00. The predicted molar refractivity (Wildman–Crippen MR) is 74.7 cm³/mol. The minimum atomic E-state index is -0.234. The van der Waals surface area contributed by atoms with E-state index in [2.05, 4.69) is 29.3 Å². The summed E-state index contributed by atoms with van der Waals surface area (Å²) in [4.78, 5) is 14.3. The summed E-state index contributed by atoms with van der Waals surface area (Å²) in [5, 5.41) is 12.1. The van der Waals surface area contributed by atoms with E-state index in [1.54, 1.807) is 0 Å². The van der Waals surface area contributed by atoms with E-state index < -0.39 is 0 Å². The highest BCUT2D eigenvalue weighted by atomic mass is 16.3. The van der Waals surface area contributed by atoms with Crippen LogP contribution in [0.1, 0.15) is 31.4 Å². The van der Waals surface area contributed by atoms with Crippen LogP contribution in [0.15, 0.2) is 30.3 Å². The molecule has 0 aromatic heterocycles. The SMILES string of the molecule is CC(c1ccccc1)N1CCCNC(=O)C1CCO. The van der Waals surface area contributed by atoms with Gasteiger partial charge in [0.1, 0.15) is 0 Å². The highest BCUT2D eigenvalue weighted by molar-refractivity contribution is 5.82. The monoisotopic (exact) mass is 262 g/mol. The number of benzene rings is 1. The van der Waals surface area contributed by atoms with E-state index in [1.165, 1.54) is 5.56 Å². The summed E-state index contributed by atoms with van der Waals surface area (Å²) in [5.74, 6) is 0.0364. The molecule has 1 saturated heterocycles. The number of nitrogens with one attached hydrogen (secondary N) is 1. The summed E-state index contributed by atoms with van der Waals surface area (Å²) >= 11 is 0. The minimum Gasteiger partial charge on any atom is -0.396 e. The van der Waals surface area contributed by atoms with Crippen LogP contribution in [0.3, 0.4) is 0 Å². The van der Waals surface area contributed by atoms with Gasteiger partial charge in [0.2, 0.25) is 5.91 Å². The fourth-order valence-corrected chi connectivity index (χ4v) is 2.70. The van der Waals surface area contributed by atoms with Crippen molar-refractivity contribution < 1.29 is 9.90 Å². The second kappa shape index (κ2) is 6.68. The summed E-state index contributed by atoms with van der Waals surface area (Å²) in [6, 6.07) is 10.2. The van der Waals surface area contributed by atoms with Crippen LogP contribution in [-0.2, 0) is 4.79 Å². The first-order chi connectivity index (χ1) is 9.24. The fourth-order valence-electron chi connectivity index (χ4n) is 2.70. The minimum absolute atomic E-state index is 0.0364. The maximum absolute atomic E-state index is 12.1. The maximum atomic E-state index is 12.1. The van der Waals surface area contributed by atoms with Gasteiger partial charge in [0.25, 0.3) is 0 Å². The van der Waals surface area contributed by atoms with Crippen LogP contribution >= 0.6 is 0 Å². The molecule has 2 N–H and O–H groups in total. The molecule has 4 nitrogen and oxygen atoms in total. The molecule has 2 rings (SSSR count). The van der Waals surface area contributed by atoms with Crippen molar-refractivity contribution in [2.75, 3.05) is 19.7 Å². The lowest BCUT2D eigenvalue weighted by molar-refractivity contribution is -0.126. The average molecular weight is 262 g/mol. The molecule has 0 aliphatic carbocycles. The lowest BCUT2D eigenvalue weighted by Crippen LogP contribution is -2.45. The molecule has 0 bridgehead atoms. The quantitative estimate of drug-likeness (QED) is 0.860. The molecule has 104 valence electrons. The van der Waals surface area contributed by atoms with Gasteiger partial charge in [-0.1, -0.05) is 30.3 Å². The van der Waals surface area contributed by atoms with E-state index in [1.807, 2.05) is 18.2 Å². The van der Waals surface area contributed by atoms with Gasteiger partial charge >= 0.3 is 0 Å². The van der Waals surface area contributed by atoms with Crippen molar-refractivity contribution in [2.45, 2.75) is 31.8 Å². The van der Waals surface area contributed by atoms with Crippen molar-refractivity contribution in [3.8, 4) is 0 Å². The normalized spacial score (nSPS) is 22.6. The maximum Gasteiger partial charge on any atom is 0.237 e. The summed E-state index contributed by atoms with van der Waals surface area (Å²) < 4.78 is 0. The van der Waals surface area contributed by atoms with Crippen LogP contribution in [0.4, 0.5) is 0 Å². The average Bonchev–Trinajstić information content (AvgIpc) is 2.62. The zero-order valence-electron chi connectivity index (χ0n) is 11.4. The topological polar surface area (TPSA) is 52.6 Å². The molecule has 1 amide bonds. The Hall–Kier alpha value is -1.39. The zero-order valence-corrected chi connectivity index (χ0v) is 11.4. The number of rotatable bonds is 4. The van der Waals surface area contributed by atoms with Gasteiger partial charge in [0.15, 0.2) is 0 Å².